The molecule has 0 N–H and O–H groups in total. The van der Waals surface area contributed by atoms with E-state index >= 15 is 0 Å². The first-order chi connectivity index (χ1) is 18.3. The number of rotatable bonds is 2. The van der Waals surface area contributed by atoms with E-state index in [0.717, 1.165) is 56.8 Å². The van der Waals surface area contributed by atoms with Crippen LogP contribution in [0.4, 0.5) is 0 Å². The van der Waals surface area contributed by atoms with Crippen molar-refractivity contribution < 1.29 is 18.5 Å². The lowest BCUT2D eigenvalue weighted by Gasteiger charge is -2.46. The van der Waals surface area contributed by atoms with Crippen LogP contribution in [-0.4, -0.2) is 0 Å². The van der Waals surface area contributed by atoms with Crippen LogP contribution in [-0.2, 0) is 11.6 Å². The van der Waals surface area contributed by atoms with Crippen LogP contribution in [0.2, 0.25) is 0 Å². The lowest BCUT2D eigenvalue weighted by atomic mass is 9.62. The minimum Gasteiger partial charge on any atom is -0.457 e. The zero-order valence-corrected chi connectivity index (χ0v) is 20.7. The van der Waals surface area contributed by atoms with Crippen LogP contribution >= 0.6 is 8.38 Å². The maximum Gasteiger partial charge on any atom is 0.295 e. The molecular weight excluding hydrogens is 479 g/mol. The summed E-state index contributed by atoms with van der Waals surface area (Å²) >= 11 is 0. The molecule has 3 heterocycles. The summed E-state index contributed by atoms with van der Waals surface area (Å²) in [4.78, 5) is 0. The van der Waals surface area contributed by atoms with Gasteiger partial charge in [0.05, 0.1) is 22.7 Å². The second-order valence-corrected chi connectivity index (χ2v) is 10.7. The standard InChI is InChI=1S/C32H21O4P/c1-2-10-21(11-3-1)20-37-35-28-18-8-16-26-30(28)32(22-12-4-6-14-24(22)33-26)23-13-5-7-15-25(23)34-27-17-9-19-29(36-37)31(27)32/h1-19H,20H2. The Morgan fingerprint density at radius 1 is 0.459 bits per heavy atom. The average Bonchev–Trinajstić information content (AvgIpc) is 2.93. The molecule has 0 fully saturated rings. The summed E-state index contributed by atoms with van der Waals surface area (Å²) in [5.41, 5.74) is 4.50. The fourth-order valence-electron chi connectivity index (χ4n) is 5.90. The smallest absolute Gasteiger partial charge is 0.295 e. The Balaban J connectivity index is 1.48. The minimum atomic E-state index is -1.34. The SMILES string of the molecule is c1ccc(CP2Oc3cccc4c3C3(c5ccccc5O4)c4ccccc4Oc4cccc(c43)O2)cc1. The van der Waals surface area contributed by atoms with E-state index in [1.54, 1.807) is 0 Å². The Morgan fingerprint density at radius 2 is 0.919 bits per heavy atom. The highest BCUT2D eigenvalue weighted by molar-refractivity contribution is 7.47. The molecule has 37 heavy (non-hydrogen) atoms. The molecule has 5 aromatic rings. The molecule has 3 aliphatic heterocycles. The van der Waals surface area contributed by atoms with Crippen LogP contribution in [0.3, 0.4) is 0 Å². The van der Waals surface area contributed by atoms with Crippen molar-refractivity contribution in [3.63, 3.8) is 0 Å². The average molecular weight is 500 g/mol. The molecule has 5 heteroatoms. The van der Waals surface area contributed by atoms with Gasteiger partial charge in [-0.1, -0.05) is 78.9 Å². The zero-order chi connectivity index (χ0) is 24.4. The van der Waals surface area contributed by atoms with E-state index in [-0.39, 0.29) is 0 Å². The number of hydrogen-bond donors (Lipinski definition) is 0. The summed E-state index contributed by atoms with van der Waals surface area (Å²) in [7, 11) is -1.34. The van der Waals surface area contributed by atoms with Gasteiger partial charge in [-0.25, -0.2) is 0 Å². The first-order valence-electron chi connectivity index (χ1n) is 12.3. The molecule has 8 rings (SSSR count). The summed E-state index contributed by atoms with van der Waals surface area (Å²) in [5, 5.41) is 0. The Hall–Kier alpha value is -4.27. The topological polar surface area (TPSA) is 36.9 Å². The monoisotopic (exact) mass is 500 g/mol. The van der Waals surface area contributed by atoms with Crippen molar-refractivity contribution >= 4 is 8.38 Å². The fraction of sp³-hybridized carbons (Fsp3) is 0.0625. The van der Waals surface area contributed by atoms with E-state index in [1.807, 2.05) is 78.9 Å². The predicted molar refractivity (Wildman–Crippen MR) is 143 cm³/mol. The van der Waals surface area contributed by atoms with Crippen molar-refractivity contribution in [2.45, 2.75) is 11.6 Å². The van der Waals surface area contributed by atoms with Gasteiger partial charge >= 0.3 is 0 Å². The van der Waals surface area contributed by atoms with Crippen molar-refractivity contribution in [3.05, 3.63) is 143 Å². The molecule has 0 radical (unpaired) electrons. The number of fused-ring (bicyclic) bond motifs is 2. The molecule has 4 nitrogen and oxygen atoms in total. The molecule has 0 aromatic heterocycles. The zero-order valence-electron chi connectivity index (χ0n) is 19.8. The van der Waals surface area contributed by atoms with Gasteiger partial charge in [0.15, 0.2) is 0 Å². The third kappa shape index (κ3) is 2.94. The molecule has 3 aliphatic rings. The summed E-state index contributed by atoms with van der Waals surface area (Å²) in [5.74, 6) is 4.74. The van der Waals surface area contributed by atoms with E-state index in [0.29, 0.717) is 6.16 Å². The second-order valence-electron chi connectivity index (χ2n) is 9.36. The third-order valence-electron chi connectivity index (χ3n) is 7.30. The van der Waals surface area contributed by atoms with Crippen molar-refractivity contribution in [1.29, 1.82) is 0 Å². The Kier molecular flexibility index (Phi) is 4.44. The quantitative estimate of drug-likeness (QED) is 0.223. The van der Waals surface area contributed by atoms with Crippen molar-refractivity contribution in [2.75, 3.05) is 0 Å². The number of hydrogen-bond acceptors (Lipinski definition) is 4. The molecule has 5 aromatic carbocycles. The third-order valence-corrected chi connectivity index (χ3v) is 8.73. The lowest BCUT2D eigenvalue weighted by molar-refractivity contribution is 0.374. The normalized spacial score (nSPS) is 15.6. The van der Waals surface area contributed by atoms with Gasteiger partial charge in [0.25, 0.3) is 8.38 Å². The van der Waals surface area contributed by atoms with Gasteiger partial charge in [0.1, 0.15) is 34.5 Å². The molecule has 1 spiro atoms. The summed E-state index contributed by atoms with van der Waals surface area (Å²) < 4.78 is 26.7. The van der Waals surface area contributed by atoms with Crippen LogP contribution < -0.4 is 18.5 Å². The van der Waals surface area contributed by atoms with Gasteiger partial charge < -0.3 is 18.5 Å². The highest BCUT2D eigenvalue weighted by Crippen LogP contribution is 2.67. The van der Waals surface area contributed by atoms with Crippen LogP contribution in [0.1, 0.15) is 27.8 Å². The van der Waals surface area contributed by atoms with Crippen LogP contribution in [0.15, 0.2) is 115 Å². The lowest BCUT2D eigenvalue weighted by Crippen LogP contribution is -2.38. The summed E-state index contributed by atoms with van der Waals surface area (Å²) in [6.07, 6.45) is 0.658. The van der Waals surface area contributed by atoms with E-state index in [2.05, 4.69) is 36.4 Å². The predicted octanol–water partition coefficient (Wildman–Crippen LogP) is 8.56. The molecule has 0 unspecified atom stereocenters. The van der Waals surface area contributed by atoms with E-state index in [4.69, 9.17) is 18.5 Å². The molecule has 0 aliphatic carbocycles. The Bertz CT molecular complexity index is 1580. The van der Waals surface area contributed by atoms with Crippen molar-refractivity contribution in [1.82, 2.24) is 0 Å². The molecular formula is C32H21O4P. The van der Waals surface area contributed by atoms with E-state index < -0.39 is 13.8 Å². The van der Waals surface area contributed by atoms with Crippen LogP contribution in [0, 0.1) is 0 Å². The van der Waals surface area contributed by atoms with Crippen molar-refractivity contribution in [2.24, 2.45) is 0 Å². The first kappa shape index (κ1) is 20.9. The van der Waals surface area contributed by atoms with Gasteiger partial charge in [0.2, 0.25) is 0 Å². The second kappa shape index (κ2) is 7.86. The first-order valence-corrected chi connectivity index (χ1v) is 13.7. The Morgan fingerprint density at radius 3 is 1.49 bits per heavy atom. The largest absolute Gasteiger partial charge is 0.457 e. The maximum atomic E-state index is 6.79. The van der Waals surface area contributed by atoms with Gasteiger partial charge in [-0.2, -0.15) is 0 Å². The summed E-state index contributed by atoms with van der Waals surface area (Å²) in [6.45, 7) is 0. The fourth-order valence-corrected chi connectivity index (χ4v) is 7.31. The molecule has 0 saturated carbocycles. The van der Waals surface area contributed by atoms with Crippen LogP contribution in [0.5, 0.6) is 34.5 Å². The highest BCUT2D eigenvalue weighted by atomic mass is 31.2. The number of para-hydroxylation sites is 2. The minimum absolute atomic E-state index is 0.658. The number of benzene rings is 5. The van der Waals surface area contributed by atoms with Gasteiger partial charge in [-0.15, -0.1) is 0 Å². The molecule has 0 atom stereocenters. The molecule has 0 bridgehead atoms. The molecule has 178 valence electrons. The van der Waals surface area contributed by atoms with E-state index in [9.17, 15) is 0 Å². The summed E-state index contributed by atoms with van der Waals surface area (Å²) in [6, 6.07) is 38.9. The maximum absolute atomic E-state index is 6.79. The number of ether oxygens (including phenoxy) is 2. The van der Waals surface area contributed by atoms with Crippen molar-refractivity contribution in [3.8, 4) is 34.5 Å². The molecule has 0 amide bonds. The van der Waals surface area contributed by atoms with Gasteiger partial charge in [0, 0.05) is 11.1 Å². The van der Waals surface area contributed by atoms with Gasteiger partial charge in [-0.3, -0.25) is 0 Å². The van der Waals surface area contributed by atoms with Crippen LogP contribution in [0.25, 0.3) is 0 Å². The Labute approximate surface area is 215 Å². The highest BCUT2D eigenvalue weighted by Gasteiger charge is 2.54. The van der Waals surface area contributed by atoms with Gasteiger partial charge in [-0.05, 0) is 42.0 Å². The molecule has 0 saturated heterocycles. The van der Waals surface area contributed by atoms with E-state index in [1.165, 1.54) is 5.56 Å².